The Kier molecular flexibility index (Phi) is 4.54. The number of ether oxygens (including phenoxy) is 1. The van der Waals surface area contributed by atoms with Crippen LogP contribution in [-0.4, -0.2) is 70.3 Å². The lowest BCUT2D eigenvalue weighted by atomic mass is 10.3. The molecular formula is C10H16N2O7. The zero-order valence-electron chi connectivity index (χ0n) is 12.9. The summed E-state index contributed by atoms with van der Waals surface area (Å²) in [5, 5.41) is 7.35. The van der Waals surface area contributed by atoms with Crippen LogP contribution in [0, 0.1) is 0 Å². The Morgan fingerprint density at radius 3 is 1.53 bits per heavy atom. The molecule has 2 N–H and O–H groups in total. The molecule has 0 aromatic heterocycles. The quantitative estimate of drug-likeness (QED) is 0.550. The van der Waals surface area contributed by atoms with Gasteiger partial charge in [-0.15, -0.1) is 0 Å². The van der Waals surface area contributed by atoms with Crippen LogP contribution in [0.4, 0.5) is 9.59 Å². The SMILES string of the molecule is [2H]OC(=O)N(C)[C@@H](C)C(=O)OC(=O)[C@H](C)N(C)C(=O)O[2H]. The normalized spacial score (nSPS) is 14.1. The lowest BCUT2D eigenvalue weighted by Crippen LogP contribution is -2.45. The van der Waals surface area contributed by atoms with E-state index in [1.54, 1.807) is 0 Å². The topological polar surface area (TPSA) is 124 Å². The van der Waals surface area contributed by atoms with Gasteiger partial charge in [-0.3, -0.25) is 9.80 Å². The Bertz CT molecular complexity index is 394. The zero-order valence-corrected chi connectivity index (χ0v) is 10.9. The molecule has 0 rings (SSSR count). The Hall–Kier alpha value is -2.32. The molecule has 0 saturated heterocycles. The third-order valence-electron chi connectivity index (χ3n) is 2.62. The van der Waals surface area contributed by atoms with Crippen molar-refractivity contribution in [1.82, 2.24) is 9.80 Å². The fourth-order valence-electron chi connectivity index (χ4n) is 0.902. The van der Waals surface area contributed by atoms with Crippen molar-refractivity contribution in [1.29, 1.82) is 2.86 Å². The zero-order chi connectivity index (χ0) is 16.7. The van der Waals surface area contributed by atoms with Crippen LogP contribution in [0.1, 0.15) is 13.8 Å². The van der Waals surface area contributed by atoms with Gasteiger partial charge in [-0.25, -0.2) is 19.2 Å². The summed E-state index contributed by atoms with van der Waals surface area (Å²) >= 11 is 0. The van der Waals surface area contributed by atoms with E-state index in [2.05, 4.69) is 15.0 Å². The first-order valence-corrected chi connectivity index (χ1v) is 5.22. The maximum Gasteiger partial charge on any atom is 0.407 e. The van der Waals surface area contributed by atoms with Gasteiger partial charge in [0, 0.05) is 14.1 Å². The fraction of sp³-hybridized carbons (Fsp3) is 0.600. The molecule has 0 aliphatic rings. The number of carboxylic acid groups (broad SMARTS) is 2. The van der Waals surface area contributed by atoms with Gasteiger partial charge >= 0.3 is 24.1 Å². The molecule has 9 heteroatoms. The number of carbonyl (C=O) groups excluding carboxylic acids is 2. The van der Waals surface area contributed by atoms with Crippen molar-refractivity contribution < 1.29 is 34.1 Å². The van der Waals surface area contributed by atoms with Gasteiger partial charge in [-0.1, -0.05) is 0 Å². The van der Waals surface area contributed by atoms with E-state index < -0.39 is 36.2 Å². The minimum atomic E-state index is -1.17. The second kappa shape index (κ2) is 6.57. The van der Waals surface area contributed by atoms with Crippen LogP contribution in [0.2, 0.25) is 0 Å². The molecule has 0 radical (unpaired) electrons. The molecule has 2 amide bonds. The van der Waals surface area contributed by atoms with Crippen molar-refractivity contribution in [3.8, 4) is 0 Å². The van der Waals surface area contributed by atoms with E-state index in [0.717, 1.165) is 9.80 Å². The Morgan fingerprint density at radius 1 is 0.947 bits per heavy atom. The first kappa shape index (κ1) is 13.1. The molecule has 0 aliphatic carbocycles. The highest BCUT2D eigenvalue weighted by Gasteiger charge is 2.29. The second-order valence-corrected chi connectivity index (χ2v) is 3.85. The van der Waals surface area contributed by atoms with Crippen molar-refractivity contribution in [2.75, 3.05) is 14.1 Å². The van der Waals surface area contributed by atoms with Crippen LogP contribution < -0.4 is 0 Å². The summed E-state index contributed by atoms with van der Waals surface area (Å²) in [4.78, 5) is 46.9. The van der Waals surface area contributed by atoms with E-state index >= 15 is 0 Å². The van der Waals surface area contributed by atoms with E-state index in [1.807, 2.05) is 0 Å². The second-order valence-electron chi connectivity index (χ2n) is 3.85. The van der Waals surface area contributed by atoms with Gasteiger partial charge in [-0.2, -0.15) is 0 Å². The first-order chi connectivity index (χ1) is 9.67. The summed E-state index contributed by atoms with van der Waals surface area (Å²) in [6.45, 7) is 2.53. The summed E-state index contributed by atoms with van der Waals surface area (Å²) in [7, 11) is 2.36. The van der Waals surface area contributed by atoms with Gasteiger partial charge < -0.3 is 15.0 Å². The molecule has 0 unspecified atom stereocenters. The summed E-state index contributed by atoms with van der Waals surface area (Å²) in [5.41, 5.74) is 0. The monoisotopic (exact) mass is 278 g/mol. The van der Waals surface area contributed by atoms with Crippen LogP contribution >= 0.6 is 0 Å². The Labute approximate surface area is 112 Å². The van der Waals surface area contributed by atoms with Gasteiger partial charge in [0.1, 0.15) is 12.1 Å². The molecule has 108 valence electrons. The Balaban J connectivity index is 4.67. The smallest absolute Gasteiger partial charge is 0.407 e. The van der Waals surface area contributed by atoms with E-state index in [9.17, 15) is 19.2 Å². The molecule has 0 bridgehead atoms. The molecule has 0 aromatic rings. The third kappa shape index (κ3) is 4.45. The number of hydrogen-bond donors (Lipinski definition) is 2. The standard InChI is InChI=1S/C10H16N2O7/c1-5(11(3)9(15)16)7(13)19-8(14)6(2)12(4)10(17)18/h5-6H,1-4H3,(H,15,16)(H,17,18)/t5-,6-/m0/s1/i/hD2. The molecule has 0 heterocycles. The highest BCUT2D eigenvalue weighted by molar-refractivity contribution is 5.92. The van der Waals surface area contributed by atoms with Crippen LogP contribution in [-0.2, 0) is 14.3 Å². The largest absolute Gasteiger partial charge is 0.465 e. The average molecular weight is 278 g/mol. The van der Waals surface area contributed by atoms with Crippen molar-refractivity contribution >= 4 is 24.1 Å². The van der Waals surface area contributed by atoms with Gasteiger partial charge in [0.05, 0.1) is 0 Å². The number of rotatable bonds is 4. The molecule has 0 saturated carbocycles. The lowest BCUT2D eigenvalue weighted by molar-refractivity contribution is -0.165. The maximum atomic E-state index is 11.7. The summed E-state index contributed by atoms with van der Waals surface area (Å²) in [6.07, 6.45) is -2.20. The first-order valence-electron chi connectivity index (χ1n) is 6.04. The summed E-state index contributed by atoms with van der Waals surface area (Å²) in [5.74, 6) is -2.13. The van der Waals surface area contributed by atoms with E-state index in [0.29, 0.717) is 0 Å². The number of likely N-dealkylation sites (N-methyl/N-ethyl adjacent to an activating group) is 2. The van der Waals surface area contributed by atoms with Crippen molar-refractivity contribution in [3.05, 3.63) is 0 Å². The van der Waals surface area contributed by atoms with Gasteiger partial charge in [-0.05, 0) is 13.8 Å². The number of nitrogens with zero attached hydrogens (tertiary/aromatic N) is 2. The summed E-state index contributed by atoms with van der Waals surface area (Å²) in [6, 6.07) is -2.35. The van der Waals surface area contributed by atoms with Crippen molar-refractivity contribution in [3.63, 3.8) is 0 Å². The van der Waals surface area contributed by atoms with Crippen LogP contribution in [0.3, 0.4) is 0 Å². The molecule has 19 heavy (non-hydrogen) atoms. The van der Waals surface area contributed by atoms with Crippen LogP contribution in [0.25, 0.3) is 2.86 Å². The molecule has 0 aromatic carbocycles. The minimum absolute atomic E-state index is 0.759. The number of amides is 2. The lowest BCUT2D eigenvalue weighted by Gasteiger charge is -2.22. The molecular weight excluding hydrogens is 260 g/mol. The fourth-order valence-corrected chi connectivity index (χ4v) is 0.902. The third-order valence-corrected chi connectivity index (χ3v) is 2.62. The van der Waals surface area contributed by atoms with E-state index in [-0.39, 0.29) is 0 Å². The minimum Gasteiger partial charge on any atom is -0.465 e. The average Bonchev–Trinajstić information content (AvgIpc) is 2.49. The predicted octanol–water partition coefficient (Wildman–Crippen LogP) is 0.0528. The van der Waals surface area contributed by atoms with Crippen molar-refractivity contribution in [2.45, 2.75) is 25.9 Å². The number of hydrogen-bond acceptors (Lipinski definition) is 7. The number of esters is 2. The van der Waals surface area contributed by atoms with Gasteiger partial charge in [0.25, 0.3) is 2.86 Å². The van der Waals surface area contributed by atoms with Crippen LogP contribution in [0.15, 0.2) is 0 Å². The van der Waals surface area contributed by atoms with E-state index in [1.165, 1.54) is 27.9 Å². The molecule has 0 aliphatic heterocycles. The predicted molar refractivity (Wildman–Crippen MR) is 61.6 cm³/mol. The highest BCUT2D eigenvalue weighted by Crippen LogP contribution is 2.04. The Morgan fingerprint density at radius 2 is 1.26 bits per heavy atom. The number of carbonyl (C=O) groups is 4. The maximum absolute atomic E-state index is 11.7. The molecule has 0 spiro atoms. The molecule has 9 nitrogen and oxygen atoms in total. The van der Waals surface area contributed by atoms with Crippen LogP contribution in [0.5, 0.6) is 0 Å². The van der Waals surface area contributed by atoms with Gasteiger partial charge in [0.15, 0.2) is 0 Å². The molecule has 0 fully saturated rings. The highest BCUT2D eigenvalue weighted by atomic mass is 16.6. The molecule has 2 atom stereocenters. The van der Waals surface area contributed by atoms with Gasteiger partial charge in [0.2, 0.25) is 0 Å². The van der Waals surface area contributed by atoms with Crippen molar-refractivity contribution in [2.24, 2.45) is 0 Å². The van der Waals surface area contributed by atoms with E-state index in [4.69, 9.17) is 2.86 Å². The summed E-state index contributed by atoms with van der Waals surface area (Å²) < 4.78 is 17.3.